The van der Waals surface area contributed by atoms with Crippen LogP contribution in [0.25, 0.3) is 0 Å². The molecular formula is C21H21I4NO9. The van der Waals surface area contributed by atoms with E-state index in [9.17, 15) is 35.4 Å². The molecule has 7 N–H and O–H groups in total. The van der Waals surface area contributed by atoms with Crippen molar-refractivity contribution in [1.82, 2.24) is 5.32 Å². The van der Waals surface area contributed by atoms with Crippen molar-refractivity contribution in [3.8, 4) is 17.2 Å². The highest BCUT2D eigenvalue weighted by Crippen LogP contribution is 2.37. The number of hydrogen-bond donors (Lipinski definition) is 7. The number of hydrogen-bond acceptors (Lipinski definition) is 9. The Balaban J connectivity index is 1.78. The predicted molar refractivity (Wildman–Crippen MR) is 158 cm³/mol. The van der Waals surface area contributed by atoms with Crippen molar-refractivity contribution >= 4 is 96.3 Å². The second-order valence-electron chi connectivity index (χ2n) is 7.74. The minimum Gasteiger partial charge on any atom is -0.506 e. The van der Waals surface area contributed by atoms with Crippen LogP contribution in [0.4, 0.5) is 0 Å². The summed E-state index contributed by atoms with van der Waals surface area (Å²) in [7, 11) is 0. The molecule has 0 aromatic heterocycles. The summed E-state index contributed by atoms with van der Waals surface area (Å²) in [6.45, 7) is -0.613. The van der Waals surface area contributed by atoms with E-state index < -0.39 is 49.3 Å². The highest BCUT2D eigenvalue weighted by molar-refractivity contribution is 14.1. The number of aliphatic hydroxyl groups is 4. The van der Waals surface area contributed by atoms with E-state index in [1.165, 1.54) is 0 Å². The number of aromatic hydroxyl groups is 1. The van der Waals surface area contributed by atoms with Gasteiger partial charge in [0.2, 0.25) is 0 Å². The third kappa shape index (κ3) is 7.19. The number of ether oxygens (including phenoxy) is 2. The average Bonchev–Trinajstić information content (AvgIpc) is 2.79. The summed E-state index contributed by atoms with van der Waals surface area (Å²) in [5.41, 5.74) is 0.672. The normalized spacial score (nSPS) is 25.3. The summed E-state index contributed by atoms with van der Waals surface area (Å²) in [5, 5.41) is 61.9. The minimum absolute atomic E-state index is 0.0195. The van der Waals surface area contributed by atoms with Crippen LogP contribution < -0.4 is 10.1 Å². The molecule has 1 saturated heterocycles. The van der Waals surface area contributed by atoms with Crippen LogP contribution in [0.1, 0.15) is 5.56 Å². The zero-order valence-electron chi connectivity index (χ0n) is 17.6. The van der Waals surface area contributed by atoms with Crippen LogP contribution >= 0.6 is 90.4 Å². The van der Waals surface area contributed by atoms with Crippen molar-refractivity contribution in [2.45, 2.75) is 43.1 Å². The van der Waals surface area contributed by atoms with Gasteiger partial charge in [-0.3, -0.25) is 10.1 Å². The number of halogens is 4. The standard InChI is InChI=1S/C21H21I4NO9/c22-9-4-8(5-10(23)15(9)28)34-19-11(24)1-7(2-12(19)25)3-13(21(32)33)26-20-18(31)17(30)16(29)14(6-27)35-20/h1-2,4-5,13-14,16-18,20,26-31H,3,6H2,(H,32,33)/t13-,14+,16+,17?,18+,20+/m0/s1. The summed E-state index contributed by atoms with van der Waals surface area (Å²) in [6, 6.07) is 5.78. The molecule has 192 valence electrons. The number of carboxylic acids is 1. The van der Waals surface area contributed by atoms with Gasteiger partial charge in [0, 0.05) is 0 Å². The Morgan fingerprint density at radius 2 is 1.54 bits per heavy atom. The molecule has 2 aromatic rings. The SMILES string of the molecule is O=C(O)[C@H](Cc1cc(I)c(Oc2cc(I)c(O)c(I)c2)c(I)c1)N[C@@H]1O[C@H](CO)[C@@H](O)C(O)[C@H]1O. The number of benzene rings is 2. The molecule has 0 bridgehead atoms. The lowest BCUT2D eigenvalue weighted by Gasteiger charge is -2.41. The maximum Gasteiger partial charge on any atom is 0.321 e. The number of nitrogens with one attached hydrogen (secondary N) is 1. The Morgan fingerprint density at radius 1 is 0.971 bits per heavy atom. The van der Waals surface area contributed by atoms with Gasteiger partial charge in [-0.25, -0.2) is 0 Å². The summed E-state index contributed by atoms with van der Waals surface area (Å²) >= 11 is 8.22. The second kappa shape index (κ2) is 12.8. The molecule has 2 aromatic carbocycles. The Kier molecular flexibility index (Phi) is 10.9. The van der Waals surface area contributed by atoms with E-state index in [1.807, 2.05) is 45.2 Å². The molecule has 1 heterocycles. The molecule has 1 aliphatic heterocycles. The lowest BCUT2D eigenvalue weighted by Crippen LogP contribution is -2.64. The maximum atomic E-state index is 11.9. The average molecular weight is 939 g/mol. The van der Waals surface area contributed by atoms with Crippen molar-refractivity contribution in [2.75, 3.05) is 6.61 Å². The predicted octanol–water partition coefficient (Wildman–Crippen LogP) is 1.99. The van der Waals surface area contributed by atoms with Crippen LogP contribution in [0.5, 0.6) is 17.2 Å². The lowest BCUT2D eigenvalue weighted by molar-refractivity contribution is -0.238. The molecular weight excluding hydrogens is 918 g/mol. The van der Waals surface area contributed by atoms with Gasteiger partial charge >= 0.3 is 5.97 Å². The first-order chi connectivity index (χ1) is 16.4. The number of carbonyl (C=O) groups is 1. The molecule has 0 saturated carbocycles. The van der Waals surface area contributed by atoms with Gasteiger partial charge in [0.05, 0.1) is 20.9 Å². The zero-order chi connectivity index (χ0) is 26.0. The molecule has 0 amide bonds. The van der Waals surface area contributed by atoms with Gasteiger partial charge in [0.25, 0.3) is 0 Å². The summed E-state index contributed by atoms with van der Waals surface area (Å²) < 4.78 is 14.2. The van der Waals surface area contributed by atoms with E-state index in [0.29, 0.717) is 24.2 Å². The molecule has 14 heteroatoms. The van der Waals surface area contributed by atoms with Crippen LogP contribution in [-0.4, -0.2) is 79.9 Å². The fraction of sp³-hybridized carbons (Fsp3) is 0.381. The molecule has 6 atom stereocenters. The molecule has 1 fully saturated rings. The van der Waals surface area contributed by atoms with Crippen molar-refractivity contribution in [1.29, 1.82) is 0 Å². The summed E-state index contributed by atoms with van der Waals surface area (Å²) in [4.78, 5) is 11.9. The molecule has 0 aliphatic carbocycles. The van der Waals surface area contributed by atoms with Gasteiger partial charge in [-0.1, -0.05) is 0 Å². The lowest BCUT2D eigenvalue weighted by atomic mass is 9.97. The quantitative estimate of drug-likeness (QED) is 0.195. The second-order valence-corrected chi connectivity index (χ2v) is 12.4. The molecule has 35 heavy (non-hydrogen) atoms. The van der Waals surface area contributed by atoms with Gasteiger partial charge in [-0.05, 0) is 127 Å². The molecule has 0 radical (unpaired) electrons. The fourth-order valence-electron chi connectivity index (χ4n) is 3.44. The van der Waals surface area contributed by atoms with Gasteiger partial charge in [-0.2, -0.15) is 0 Å². The number of phenols is 1. The van der Waals surface area contributed by atoms with Crippen LogP contribution in [0.15, 0.2) is 24.3 Å². The number of rotatable bonds is 8. The zero-order valence-corrected chi connectivity index (χ0v) is 26.2. The van der Waals surface area contributed by atoms with E-state index in [2.05, 4.69) is 50.5 Å². The van der Waals surface area contributed by atoms with E-state index in [4.69, 9.17) is 9.47 Å². The summed E-state index contributed by atoms with van der Waals surface area (Å²) in [6.07, 6.45) is -7.19. The van der Waals surface area contributed by atoms with E-state index in [1.54, 1.807) is 24.3 Å². The largest absolute Gasteiger partial charge is 0.506 e. The maximum absolute atomic E-state index is 11.9. The third-order valence-corrected chi connectivity index (χ3v) is 8.51. The first-order valence-corrected chi connectivity index (χ1v) is 14.4. The Hall–Kier alpha value is 0.190. The van der Waals surface area contributed by atoms with Crippen LogP contribution in [0.2, 0.25) is 0 Å². The van der Waals surface area contributed by atoms with Crippen LogP contribution in [0.3, 0.4) is 0 Å². The Bertz CT molecular complexity index is 1040. The van der Waals surface area contributed by atoms with Crippen molar-refractivity contribution < 1.29 is 44.9 Å². The van der Waals surface area contributed by atoms with E-state index in [0.717, 1.165) is 7.14 Å². The fourth-order valence-corrected chi connectivity index (χ4v) is 7.27. The smallest absolute Gasteiger partial charge is 0.321 e. The minimum atomic E-state index is -1.61. The molecule has 3 rings (SSSR count). The summed E-state index contributed by atoms with van der Waals surface area (Å²) in [5.74, 6) is 0.110. The first-order valence-electron chi connectivity index (χ1n) is 10.1. The highest BCUT2D eigenvalue weighted by Gasteiger charge is 2.44. The Labute approximate surface area is 255 Å². The topological polar surface area (TPSA) is 169 Å². The van der Waals surface area contributed by atoms with Gasteiger partial charge in [0.15, 0.2) is 5.75 Å². The third-order valence-electron chi connectivity index (χ3n) is 5.26. The molecule has 0 spiro atoms. The van der Waals surface area contributed by atoms with Crippen molar-refractivity contribution in [2.24, 2.45) is 0 Å². The van der Waals surface area contributed by atoms with Crippen LogP contribution in [-0.2, 0) is 16.0 Å². The number of aliphatic carboxylic acids is 1. The monoisotopic (exact) mass is 939 g/mol. The van der Waals surface area contributed by atoms with Gasteiger partial charge < -0.3 is 40.1 Å². The van der Waals surface area contributed by atoms with Gasteiger partial charge in [-0.15, -0.1) is 0 Å². The first kappa shape index (κ1) is 29.7. The Morgan fingerprint density at radius 3 is 2.06 bits per heavy atom. The molecule has 10 nitrogen and oxygen atoms in total. The molecule has 1 aliphatic rings. The van der Waals surface area contributed by atoms with Crippen LogP contribution in [0, 0.1) is 14.3 Å². The number of carboxylic acid groups (broad SMARTS) is 1. The van der Waals surface area contributed by atoms with E-state index >= 15 is 0 Å². The number of aliphatic hydroxyl groups excluding tert-OH is 4. The highest BCUT2D eigenvalue weighted by atomic mass is 127. The number of phenolic OH excluding ortho intramolecular Hbond substituents is 1. The van der Waals surface area contributed by atoms with Crippen molar-refractivity contribution in [3.63, 3.8) is 0 Å². The molecule has 1 unspecified atom stereocenters. The van der Waals surface area contributed by atoms with Gasteiger partial charge in [0.1, 0.15) is 48.2 Å². The van der Waals surface area contributed by atoms with E-state index in [-0.39, 0.29) is 12.2 Å². The van der Waals surface area contributed by atoms with Crippen molar-refractivity contribution in [3.05, 3.63) is 44.1 Å².